The first-order chi connectivity index (χ1) is 15.0. The summed E-state index contributed by atoms with van der Waals surface area (Å²) in [6, 6.07) is 15.8. The van der Waals surface area contributed by atoms with Crippen molar-refractivity contribution >= 4 is 29.1 Å². The Morgan fingerprint density at radius 3 is 2.65 bits per heavy atom. The molecule has 0 saturated heterocycles. The number of oxazole rings is 1. The number of rotatable bonds is 10. The van der Waals surface area contributed by atoms with Crippen molar-refractivity contribution in [3.05, 3.63) is 87.6 Å². The Labute approximate surface area is 192 Å². The van der Waals surface area contributed by atoms with Crippen LogP contribution in [0.3, 0.4) is 0 Å². The van der Waals surface area contributed by atoms with Gasteiger partial charge in [-0.1, -0.05) is 59.6 Å². The van der Waals surface area contributed by atoms with E-state index in [-0.39, 0.29) is 17.6 Å². The minimum atomic E-state index is -0.292. The molecule has 0 aliphatic carbocycles. The molecule has 0 saturated carbocycles. The number of aromatic nitrogens is 1. The molecule has 1 aromatic heterocycles. The predicted molar refractivity (Wildman–Crippen MR) is 121 cm³/mol. The Morgan fingerprint density at radius 1 is 1.16 bits per heavy atom. The molecule has 0 radical (unpaired) electrons. The molecule has 0 unspecified atom stereocenters. The van der Waals surface area contributed by atoms with Gasteiger partial charge in [-0.25, -0.2) is 4.98 Å². The first kappa shape index (κ1) is 23.3. The van der Waals surface area contributed by atoms with E-state index in [0.29, 0.717) is 42.2 Å². The van der Waals surface area contributed by atoms with Crippen LogP contribution >= 0.6 is 23.2 Å². The molecule has 1 atom stereocenters. The van der Waals surface area contributed by atoms with Crippen LogP contribution in [0.1, 0.15) is 40.5 Å². The number of benzene rings is 2. The number of hydrogen-bond donors (Lipinski definition) is 1. The maximum Gasteiger partial charge on any atom is 0.273 e. The summed E-state index contributed by atoms with van der Waals surface area (Å²) in [4.78, 5) is 18.8. The minimum absolute atomic E-state index is 0.0709. The molecule has 8 heteroatoms. The molecule has 164 valence electrons. The van der Waals surface area contributed by atoms with Crippen molar-refractivity contribution in [1.29, 1.82) is 0 Å². The quantitative estimate of drug-likeness (QED) is 0.424. The number of nitrogens with one attached hydrogen (secondary N) is 1. The summed E-state index contributed by atoms with van der Waals surface area (Å²) < 4.78 is 10.5. The Balaban J connectivity index is 1.78. The van der Waals surface area contributed by atoms with E-state index >= 15 is 0 Å². The normalized spacial score (nSPS) is 12.2. The smallest absolute Gasteiger partial charge is 0.273 e. The summed E-state index contributed by atoms with van der Waals surface area (Å²) in [7, 11) is 1.58. The topological polar surface area (TPSA) is 67.6 Å². The molecule has 1 amide bonds. The van der Waals surface area contributed by atoms with E-state index < -0.39 is 0 Å². The van der Waals surface area contributed by atoms with Crippen molar-refractivity contribution in [2.45, 2.75) is 26.1 Å². The van der Waals surface area contributed by atoms with Crippen LogP contribution < -0.4 is 5.32 Å². The highest BCUT2D eigenvalue weighted by Gasteiger charge is 2.20. The fourth-order valence-electron chi connectivity index (χ4n) is 3.16. The third-order valence-electron chi connectivity index (χ3n) is 4.91. The van der Waals surface area contributed by atoms with Gasteiger partial charge in [-0.2, -0.15) is 0 Å². The molecule has 6 nitrogen and oxygen atoms in total. The average Bonchev–Trinajstić information content (AvgIpc) is 3.25. The van der Waals surface area contributed by atoms with E-state index in [1.165, 1.54) is 6.26 Å². The SMILES string of the molecule is COCCNC(=O)c1coc(CN(Cc2ccc(Cl)c(Cl)c2)[C@H](C)c2ccccc2)n1. The third kappa shape index (κ3) is 6.55. The van der Waals surface area contributed by atoms with Crippen molar-refractivity contribution in [3.63, 3.8) is 0 Å². The number of nitrogens with zero attached hydrogens (tertiary/aromatic N) is 2. The van der Waals surface area contributed by atoms with Gasteiger partial charge in [-0.3, -0.25) is 9.69 Å². The van der Waals surface area contributed by atoms with Crippen molar-refractivity contribution in [1.82, 2.24) is 15.2 Å². The number of ether oxygens (including phenoxy) is 1. The zero-order chi connectivity index (χ0) is 22.2. The van der Waals surface area contributed by atoms with E-state index in [9.17, 15) is 4.79 Å². The number of hydrogen-bond acceptors (Lipinski definition) is 5. The molecule has 0 fully saturated rings. The van der Waals surface area contributed by atoms with Crippen LogP contribution in [0.15, 0.2) is 59.2 Å². The monoisotopic (exact) mass is 461 g/mol. The van der Waals surface area contributed by atoms with Gasteiger partial charge < -0.3 is 14.5 Å². The third-order valence-corrected chi connectivity index (χ3v) is 5.65. The zero-order valence-corrected chi connectivity index (χ0v) is 19.0. The second-order valence-corrected chi connectivity index (χ2v) is 7.93. The molecule has 1 heterocycles. The van der Waals surface area contributed by atoms with Crippen LogP contribution in [0.5, 0.6) is 0 Å². The van der Waals surface area contributed by atoms with Crippen molar-refractivity contribution < 1.29 is 13.9 Å². The maximum atomic E-state index is 12.2. The first-order valence-corrected chi connectivity index (χ1v) is 10.7. The van der Waals surface area contributed by atoms with Crippen LogP contribution in [-0.2, 0) is 17.8 Å². The highest BCUT2D eigenvalue weighted by atomic mass is 35.5. The van der Waals surface area contributed by atoms with E-state index in [1.54, 1.807) is 13.2 Å². The Bertz CT molecular complexity index is 995. The maximum absolute atomic E-state index is 12.2. The van der Waals surface area contributed by atoms with Gasteiger partial charge >= 0.3 is 0 Å². The highest BCUT2D eigenvalue weighted by molar-refractivity contribution is 6.42. The first-order valence-electron chi connectivity index (χ1n) is 9.92. The van der Waals surface area contributed by atoms with Gasteiger partial charge in [0.05, 0.1) is 23.2 Å². The Morgan fingerprint density at radius 2 is 1.94 bits per heavy atom. The molecular formula is C23H25Cl2N3O3. The summed E-state index contributed by atoms with van der Waals surface area (Å²) in [5.74, 6) is 0.166. The Hall–Kier alpha value is -2.38. The number of carbonyl (C=O) groups is 1. The van der Waals surface area contributed by atoms with Crippen molar-refractivity contribution in [2.24, 2.45) is 0 Å². The van der Waals surface area contributed by atoms with Gasteiger partial charge in [0.2, 0.25) is 5.89 Å². The van der Waals surface area contributed by atoms with Gasteiger partial charge in [0.25, 0.3) is 5.91 Å². The fourth-order valence-corrected chi connectivity index (χ4v) is 3.48. The van der Waals surface area contributed by atoms with Crippen LogP contribution in [0.2, 0.25) is 10.0 Å². The molecule has 31 heavy (non-hydrogen) atoms. The lowest BCUT2D eigenvalue weighted by molar-refractivity contribution is 0.0932. The summed E-state index contributed by atoms with van der Waals surface area (Å²) in [5, 5.41) is 3.77. The minimum Gasteiger partial charge on any atom is -0.447 e. The molecule has 3 aromatic rings. The fraction of sp³-hybridized carbons (Fsp3) is 0.304. The molecule has 0 aliphatic heterocycles. The summed E-state index contributed by atoms with van der Waals surface area (Å²) in [6.07, 6.45) is 1.38. The highest BCUT2D eigenvalue weighted by Crippen LogP contribution is 2.27. The standard InChI is InChI=1S/C23H25Cl2N3O3/c1-16(18-6-4-3-5-7-18)28(13-17-8-9-19(24)20(25)12-17)14-22-27-21(15-31-22)23(29)26-10-11-30-2/h3-9,12,15-16H,10-11,13-14H2,1-2H3,(H,26,29)/t16-/m1/s1. The molecule has 2 aromatic carbocycles. The molecule has 0 aliphatic rings. The van der Waals surface area contributed by atoms with Crippen LogP contribution in [0, 0.1) is 0 Å². The average molecular weight is 462 g/mol. The lowest BCUT2D eigenvalue weighted by Crippen LogP contribution is -2.28. The predicted octanol–water partition coefficient (Wildman–Crippen LogP) is 5.12. The van der Waals surface area contributed by atoms with Gasteiger partial charge in [0.15, 0.2) is 5.69 Å². The number of halogens is 2. The van der Waals surface area contributed by atoms with E-state index in [2.05, 4.69) is 34.3 Å². The number of carbonyl (C=O) groups excluding carboxylic acids is 1. The number of methoxy groups -OCH3 is 1. The van der Waals surface area contributed by atoms with Gasteiger partial charge in [0, 0.05) is 26.2 Å². The van der Waals surface area contributed by atoms with E-state index in [0.717, 1.165) is 11.1 Å². The van der Waals surface area contributed by atoms with E-state index in [4.69, 9.17) is 32.4 Å². The molecule has 3 rings (SSSR count). The van der Waals surface area contributed by atoms with Crippen LogP contribution in [0.25, 0.3) is 0 Å². The lowest BCUT2D eigenvalue weighted by atomic mass is 10.1. The molecule has 0 bridgehead atoms. The number of amides is 1. The summed E-state index contributed by atoms with van der Waals surface area (Å²) in [6.45, 7) is 3.98. The van der Waals surface area contributed by atoms with Crippen LogP contribution in [-0.4, -0.2) is 36.1 Å². The Kier molecular flexibility index (Phi) is 8.49. The zero-order valence-electron chi connectivity index (χ0n) is 17.5. The second-order valence-electron chi connectivity index (χ2n) is 7.12. The second kappa shape index (κ2) is 11.3. The summed E-state index contributed by atoms with van der Waals surface area (Å²) in [5.41, 5.74) is 2.42. The van der Waals surface area contributed by atoms with Crippen LogP contribution in [0.4, 0.5) is 0 Å². The van der Waals surface area contributed by atoms with Crippen molar-refractivity contribution in [3.8, 4) is 0 Å². The largest absolute Gasteiger partial charge is 0.447 e. The molecule has 1 N–H and O–H groups in total. The summed E-state index contributed by atoms with van der Waals surface area (Å²) >= 11 is 12.3. The molecule has 0 spiro atoms. The lowest BCUT2D eigenvalue weighted by Gasteiger charge is -2.28. The van der Waals surface area contributed by atoms with E-state index in [1.807, 2.05) is 30.3 Å². The van der Waals surface area contributed by atoms with Gasteiger partial charge in [-0.05, 0) is 30.2 Å². The van der Waals surface area contributed by atoms with Gasteiger partial charge in [0.1, 0.15) is 6.26 Å². The van der Waals surface area contributed by atoms with Crippen molar-refractivity contribution in [2.75, 3.05) is 20.3 Å². The molecular weight excluding hydrogens is 437 g/mol. The van der Waals surface area contributed by atoms with Gasteiger partial charge in [-0.15, -0.1) is 0 Å².